The lowest BCUT2D eigenvalue weighted by atomic mass is 9.82. The van der Waals surface area contributed by atoms with Crippen molar-refractivity contribution in [3.05, 3.63) is 83.2 Å². The molecule has 0 aliphatic carbocycles. The molecule has 37 heavy (non-hydrogen) atoms. The van der Waals surface area contributed by atoms with Crippen LogP contribution in [0.5, 0.6) is 11.5 Å². The zero-order chi connectivity index (χ0) is 27.2. The topological polar surface area (TPSA) is 55.8 Å². The minimum absolute atomic E-state index is 0.0631. The van der Waals surface area contributed by atoms with E-state index in [1.54, 1.807) is 24.3 Å². The molecule has 198 valence electrons. The van der Waals surface area contributed by atoms with Gasteiger partial charge in [0.05, 0.1) is 13.5 Å². The SMILES string of the molecule is CCC[C@@H](CC(=O)O)c1cccc(OCc2ccc(-c3cc(OC)ccc3F)c([C@@H](F)C(C)(C)C)c2)c1. The standard InChI is InChI=1S/C31H36F2O4/c1-6-8-21(17-29(34)35)22-9-7-10-24(16-22)37-19-20-11-13-25(27(15-20)30(33)31(2,3)4)26-18-23(36-5)12-14-28(26)32/h7,9-16,18,21,30H,6,8,17,19H2,1-5H3,(H,34,35)/t21-,30+/m0/s1. The van der Waals surface area contributed by atoms with Crippen molar-refractivity contribution >= 4 is 5.97 Å². The van der Waals surface area contributed by atoms with Crippen molar-refractivity contribution in [2.24, 2.45) is 5.41 Å². The molecule has 1 N–H and O–H groups in total. The number of methoxy groups -OCH3 is 1. The summed E-state index contributed by atoms with van der Waals surface area (Å²) in [6, 6.07) is 17.2. The summed E-state index contributed by atoms with van der Waals surface area (Å²) in [6.45, 7) is 7.64. The van der Waals surface area contributed by atoms with Crippen LogP contribution in [0.15, 0.2) is 60.7 Å². The summed E-state index contributed by atoms with van der Waals surface area (Å²) in [5.74, 6) is -0.267. The lowest BCUT2D eigenvalue weighted by Gasteiger charge is -2.27. The highest BCUT2D eigenvalue weighted by Gasteiger charge is 2.29. The van der Waals surface area contributed by atoms with Crippen LogP contribution in [0.3, 0.4) is 0 Å². The summed E-state index contributed by atoms with van der Waals surface area (Å²) in [5.41, 5.74) is 2.11. The molecule has 0 bridgehead atoms. The molecule has 0 aromatic heterocycles. The lowest BCUT2D eigenvalue weighted by molar-refractivity contribution is -0.137. The van der Waals surface area contributed by atoms with Gasteiger partial charge in [0.1, 0.15) is 30.1 Å². The Bertz CT molecular complexity index is 1220. The minimum atomic E-state index is -1.35. The van der Waals surface area contributed by atoms with Gasteiger partial charge >= 0.3 is 5.97 Å². The van der Waals surface area contributed by atoms with E-state index in [1.807, 2.05) is 52.0 Å². The van der Waals surface area contributed by atoms with Crippen LogP contribution in [0.4, 0.5) is 8.78 Å². The van der Waals surface area contributed by atoms with E-state index < -0.39 is 23.4 Å². The molecule has 0 aliphatic heterocycles. The molecule has 3 rings (SSSR count). The van der Waals surface area contributed by atoms with E-state index in [4.69, 9.17) is 9.47 Å². The number of hydrogen-bond donors (Lipinski definition) is 1. The van der Waals surface area contributed by atoms with Gasteiger partial charge in [-0.15, -0.1) is 0 Å². The molecule has 2 atom stereocenters. The molecular weight excluding hydrogens is 474 g/mol. The van der Waals surface area contributed by atoms with Gasteiger partial charge in [-0.3, -0.25) is 4.79 Å². The van der Waals surface area contributed by atoms with E-state index in [0.717, 1.165) is 24.0 Å². The van der Waals surface area contributed by atoms with Crippen LogP contribution in [0.1, 0.15) is 75.7 Å². The van der Waals surface area contributed by atoms with Crippen LogP contribution in [-0.4, -0.2) is 18.2 Å². The number of aliphatic carboxylic acids is 1. The third-order valence-electron chi connectivity index (χ3n) is 6.41. The predicted octanol–water partition coefficient (Wildman–Crippen LogP) is 8.50. The van der Waals surface area contributed by atoms with Crippen LogP contribution >= 0.6 is 0 Å². The zero-order valence-corrected chi connectivity index (χ0v) is 22.2. The van der Waals surface area contributed by atoms with E-state index in [9.17, 15) is 14.3 Å². The smallest absolute Gasteiger partial charge is 0.303 e. The average molecular weight is 511 g/mol. The van der Waals surface area contributed by atoms with Gasteiger partial charge < -0.3 is 14.6 Å². The second kappa shape index (κ2) is 12.2. The molecule has 0 amide bonds. The molecular formula is C31H36F2O4. The van der Waals surface area contributed by atoms with E-state index in [1.165, 1.54) is 19.2 Å². The third-order valence-corrected chi connectivity index (χ3v) is 6.41. The van der Waals surface area contributed by atoms with Gasteiger partial charge in [0.2, 0.25) is 0 Å². The first-order valence-corrected chi connectivity index (χ1v) is 12.6. The van der Waals surface area contributed by atoms with Gasteiger partial charge in [-0.25, -0.2) is 8.78 Å². The van der Waals surface area contributed by atoms with Gasteiger partial charge in [-0.1, -0.05) is 58.4 Å². The first-order valence-electron chi connectivity index (χ1n) is 12.6. The number of carboxylic acids is 1. The Labute approximate surface area is 218 Å². The number of rotatable bonds is 11. The quantitative estimate of drug-likeness (QED) is 0.281. The van der Waals surface area contributed by atoms with Gasteiger partial charge in [0.15, 0.2) is 0 Å². The molecule has 0 saturated carbocycles. The van der Waals surface area contributed by atoms with Crippen LogP contribution < -0.4 is 9.47 Å². The van der Waals surface area contributed by atoms with Crippen LogP contribution in [0.2, 0.25) is 0 Å². The number of hydrogen-bond acceptors (Lipinski definition) is 3. The molecule has 4 nitrogen and oxygen atoms in total. The monoisotopic (exact) mass is 510 g/mol. The van der Waals surface area contributed by atoms with E-state index >= 15 is 4.39 Å². The largest absolute Gasteiger partial charge is 0.497 e. The number of carbonyl (C=O) groups is 1. The van der Waals surface area contributed by atoms with Gasteiger partial charge in [0, 0.05) is 5.56 Å². The normalized spacial score (nSPS) is 13.2. The molecule has 0 saturated heterocycles. The van der Waals surface area contributed by atoms with Crippen molar-refractivity contribution in [1.82, 2.24) is 0 Å². The maximum absolute atomic E-state index is 15.7. The zero-order valence-electron chi connectivity index (χ0n) is 22.2. The number of alkyl halides is 1. The summed E-state index contributed by atoms with van der Waals surface area (Å²) in [7, 11) is 1.51. The number of halogens is 2. The maximum atomic E-state index is 15.7. The Balaban J connectivity index is 1.92. The molecule has 3 aromatic carbocycles. The van der Waals surface area contributed by atoms with Gasteiger partial charge in [-0.2, -0.15) is 0 Å². The first-order chi connectivity index (χ1) is 17.5. The molecule has 3 aromatic rings. The summed E-state index contributed by atoms with van der Waals surface area (Å²) in [5, 5.41) is 9.28. The molecule has 6 heteroatoms. The highest BCUT2D eigenvalue weighted by atomic mass is 19.1. The average Bonchev–Trinajstić information content (AvgIpc) is 2.86. The van der Waals surface area contributed by atoms with Crippen molar-refractivity contribution in [3.63, 3.8) is 0 Å². The summed E-state index contributed by atoms with van der Waals surface area (Å²) >= 11 is 0. The molecule has 0 heterocycles. The van der Waals surface area contributed by atoms with Crippen molar-refractivity contribution in [3.8, 4) is 22.6 Å². The summed E-state index contributed by atoms with van der Waals surface area (Å²) < 4.78 is 41.8. The van der Waals surface area contributed by atoms with Crippen molar-refractivity contribution in [1.29, 1.82) is 0 Å². The molecule has 0 radical (unpaired) electrons. The summed E-state index contributed by atoms with van der Waals surface area (Å²) in [6.07, 6.45) is 0.367. The summed E-state index contributed by atoms with van der Waals surface area (Å²) in [4.78, 5) is 11.3. The van der Waals surface area contributed by atoms with E-state index in [-0.39, 0.29) is 24.5 Å². The highest BCUT2D eigenvalue weighted by molar-refractivity contribution is 5.70. The fourth-order valence-corrected chi connectivity index (χ4v) is 4.43. The van der Waals surface area contributed by atoms with Crippen LogP contribution in [0.25, 0.3) is 11.1 Å². The Morgan fingerprint density at radius 3 is 2.41 bits per heavy atom. The Kier molecular flexibility index (Phi) is 9.30. The molecule has 0 fully saturated rings. The van der Waals surface area contributed by atoms with Crippen molar-refractivity contribution in [2.75, 3.05) is 7.11 Å². The Hall–Kier alpha value is -3.41. The fourth-order valence-electron chi connectivity index (χ4n) is 4.43. The van der Waals surface area contributed by atoms with Gasteiger partial charge in [0.25, 0.3) is 0 Å². The third kappa shape index (κ3) is 7.31. The fraction of sp³-hybridized carbons (Fsp3) is 0.387. The number of ether oxygens (including phenoxy) is 2. The van der Waals surface area contributed by atoms with E-state index in [2.05, 4.69) is 0 Å². The van der Waals surface area contributed by atoms with Gasteiger partial charge in [-0.05, 0) is 76.4 Å². The number of benzene rings is 3. The van der Waals surface area contributed by atoms with Crippen molar-refractivity contribution in [2.45, 2.75) is 65.7 Å². The van der Waals surface area contributed by atoms with E-state index in [0.29, 0.717) is 22.6 Å². The molecule has 0 aliphatic rings. The highest BCUT2D eigenvalue weighted by Crippen LogP contribution is 2.42. The Morgan fingerprint density at radius 2 is 1.76 bits per heavy atom. The van der Waals surface area contributed by atoms with Crippen LogP contribution in [-0.2, 0) is 11.4 Å². The number of carboxylic acid groups (broad SMARTS) is 1. The maximum Gasteiger partial charge on any atom is 0.303 e. The second-order valence-electron chi connectivity index (χ2n) is 10.4. The Morgan fingerprint density at radius 1 is 1.00 bits per heavy atom. The van der Waals surface area contributed by atoms with Crippen LogP contribution in [0, 0.1) is 11.2 Å². The first kappa shape index (κ1) is 28.2. The lowest BCUT2D eigenvalue weighted by Crippen LogP contribution is -2.15. The van der Waals surface area contributed by atoms with Crippen molar-refractivity contribution < 1.29 is 28.2 Å². The molecule has 0 unspecified atom stereocenters. The second-order valence-corrected chi connectivity index (χ2v) is 10.4. The molecule has 0 spiro atoms. The predicted molar refractivity (Wildman–Crippen MR) is 142 cm³/mol. The minimum Gasteiger partial charge on any atom is -0.497 e.